The van der Waals surface area contributed by atoms with E-state index in [1.807, 2.05) is 12.1 Å². The van der Waals surface area contributed by atoms with Crippen molar-refractivity contribution in [1.82, 2.24) is 20.9 Å². The number of nitrogens with one attached hydrogen (secondary N) is 3. The molecule has 4 aliphatic rings. The summed E-state index contributed by atoms with van der Waals surface area (Å²) < 4.78 is 4.71. The second-order valence-corrected chi connectivity index (χ2v) is 12.2. The molecule has 1 aromatic carbocycles. The van der Waals surface area contributed by atoms with E-state index in [-0.39, 0.29) is 35.4 Å². The first-order chi connectivity index (χ1) is 18.3. The molecule has 0 radical (unpaired) electrons. The van der Waals surface area contributed by atoms with Crippen molar-refractivity contribution >= 4 is 23.4 Å². The average molecular weight is 520 g/mol. The van der Waals surface area contributed by atoms with Crippen LogP contribution in [0, 0.1) is 42.4 Å². The zero-order valence-corrected chi connectivity index (χ0v) is 22.3. The summed E-state index contributed by atoms with van der Waals surface area (Å²) >= 11 is 0. The Balaban J connectivity index is 1.16. The van der Waals surface area contributed by atoms with Crippen LogP contribution in [-0.4, -0.2) is 40.1 Å². The Kier molecular flexibility index (Phi) is 6.48. The SMILES string of the molecule is Cc1nonc1C(=O)N[C@H](C(=O)Nc1ccc2c(c1)CC(C1C[C@@H](C(C)C)NC1=O)C2)C(C1CC1)C1CC1. The Hall–Kier alpha value is -3.23. The van der Waals surface area contributed by atoms with Crippen molar-refractivity contribution in [3.05, 3.63) is 40.7 Å². The number of nitrogens with zero attached hydrogens (tertiary/aromatic N) is 2. The maximum atomic E-state index is 13.7. The number of fused-ring (bicyclic) bond motifs is 1. The summed E-state index contributed by atoms with van der Waals surface area (Å²) in [5.41, 5.74) is 3.70. The van der Waals surface area contributed by atoms with Crippen LogP contribution in [0.4, 0.5) is 5.69 Å². The molecule has 9 heteroatoms. The number of benzene rings is 1. The highest BCUT2D eigenvalue weighted by Gasteiger charge is 2.48. The van der Waals surface area contributed by atoms with E-state index < -0.39 is 11.9 Å². The van der Waals surface area contributed by atoms with Gasteiger partial charge in [0, 0.05) is 17.6 Å². The number of rotatable bonds is 9. The maximum Gasteiger partial charge on any atom is 0.276 e. The van der Waals surface area contributed by atoms with E-state index in [0.29, 0.717) is 29.4 Å². The number of hydrogen-bond acceptors (Lipinski definition) is 6. The van der Waals surface area contributed by atoms with E-state index in [0.717, 1.165) is 50.6 Å². The van der Waals surface area contributed by atoms with Crippen LogP contribution in [0.15, 0.2) is 22.8 Å². The van der Waals surface area contributed by atoms with Gasteiger partial charge in [0.05, 0.1) is 0 Å². The first-order valence-corrected chi connectivity index (χ1v) is 14.1. The second-order valence-electron chi connectivity index (χ2n) is 12.2. The lowest BCUT2D eigenvalue weighted by atomic mass is 9.85. The van der Waals surface area contributed by atoms with Gasteiger partial charge in [-0.05, 0) is 110 Å². The van der Waals surface area contributed by atoms with Gasteiger partial charge in [-0.1, -0.05) is 25.1 Å². The summed E-state index contributed by atoms with van der Waals surface area (Å²) in [7, 11) is 0. The lowest BCUT2D eigenvalue weighted by Crippen LogP contribution is -2.50. The number of carbonyl (C=O) groups excluding carboxylic acids is 3. The van der Waals surface area contributed by atoms with E-state index in [1.165, 1.54) is 11.1 Å². The van der Waals surface area contributed by atoms with Crippen molar-refractivity contribution in [3.8, 4) is 0 Å². The summed E-state index contributed by atoms with van der Waals surface area (Å²) in [5, 5.41) is 16.7. The molecule has 2 unspecified atom stereocenters. The van der Waals surface area contributed by atoms with E-state index in [1.54, 1.807) is 6.92 Å². The molecule has 3 aliphatic carbocycles. The fraction of sp³-hybridized carbons (Fsp3) is 0.621. The zero-order valence-electron chi connectivity index (χ0n) is 22.3. The summed E-state index contributed by atoms with van der Waals surface area (Å²) in [6, 6.07) is 5.68. The van der Waals surface area contributed by atoms with Gasteiger partial charge in [0.15, 0.2) is 5.69 Å². The molecule has 2 heterocycles. The predicted octanol–water partition coefficient (Wildman–Crippen LogP) is 3.43. The number of anilines is 1. The first kappa shape index (κ1) is 25.1. The van der Waals surface area contributed by atoms with Gasteiger partial charge in [0.2, 0.25) is 11.8 Å². The molecule has 1 saturated heterocycles. The number of carbonyl (C=O) groups is 3. The molecule has 2 saturated carbocycles. The second kappa shape index (κ2) is 9.82. The molecule has 6 rings (SSSR count). The molecule has 3 fully saturated rings. The number of hydrogen-bond donors (Lipinski definition) is 3. The van der Waals surface area contributed by atoms with Gasteiger partial charge >= 0.3 is 0 Å². The van der Waals surface area contributed by atoms with Crippen LogP contribution in [-0.2, 0) is 22.4 Å². The Morgan fingerprint density at radius 1 is 1.05 bits per heavy atom. The van der Waals surface area contributed by atoms with Crippen LogP contribution < -0.4 is 16.0 Å². The fourth-order valence-electron chi connectivity index (χ4n) is 6.68. The van der Waals surface area contributed by atoms with Gasteiger partial charge in [-0.15, -0.1) is 0 Å². The molecule has 1 aliphatic heterocycles. The minimum atomic E-state index is -0.644. The van der Waals surface area contributed by atoms with Gasteiger partial charge in [-0.3, -0.25) is 14.4 Å². The maximum absolute atomic E-state index is 13.7. The molecule has 2 aromatic rings. The van der Waals surface area contributed by atoms with Crippen molar-refractivity contribution in [2.24, 2.45) is 35.5 Å². The standard InChI is InChI=1S/C29H37N5O4/c1-14(2)23-13-22(27(35)31-23)20-10-18-8-9-21(12-19(18)11-20)30-29(37)26(24(16-4-5-16)17-6-7-17)32-28(36)25-15(3)33-38-34-25/h8-9,12,14,16-17,20,22-24,26H,4-7,10-11,13H2,1-3H3,(H,30,37)(H,31,35)(H,32,36)/t20?,22?,23-,26-/m0/s1. The fourth-order valence-corrected chi connectivity index (χ4v) is 6.68. The van der Waals surface area contributed by atoms with Gasteiger partial charge in [0.25, 0.3) is 5.91 Å². The summed E-state index contributed by atoms with van der Waals surface area (Å²) in [6.07, 6.45) is 7.01. The number of aryl methyl sites for hydroxylation is 1. The summed E-state index contributed by atoms with van der Waals surface area (Å²) in [6.45, 7) is 5.97. The van der Waals surface area contributed by atoms with Crippen molar-refractivity contribution in [1.29, 1.82) is 0 Å². The highest BCUT2D eigenvalue weighted by molar-refractivity contribution is 6.01. The minimum Gasteiger partial charge on any atom is -0.353 e. The van der Waals surface area contributed by atoms with Gasteiger partial charge < -0.3 is 16.0 Å². The quantitative estimate of drug-likeness (QED) is 0.466. The Morgan fingerprint density at radius 3 is 2.37 bits per heavy atom. The molecular weight excluding hydrogens is 482 g/mol. The molecule has 1 aromatic heterocycles. The number of amides is 3. The van der Waals surface area contributed by atoms with E-state index in [9.17, 15) is 14.4 Å². The van der Waals surface area contributed by atoms with Gasteiger partial charge in [-0.25, -0.2) is 4.63 Å². The molecule has 3 amide bonds. The van der Waals surface area contributed by atoms with E-state index in [2.05, 4.69) is 46.2 Å². The van der Waals surface area contributed by atoms with Crippen LogP contribution in [0.2, 0.25) is 0 Å². The zero-order chi connectivity index (χ0) is 26.6. The van der Waals surface area contributed by atoms with Crippen molar-refractivity contribution in [2.75, 3.05) is 5.32 Å². The van der Waals surface area contributed by atoms with Crippen molar-refractivity contribution in [3.63, 3.8) is 0 Å². The molecule has 38 heavy (non-hydrogen) atoms. The largest absolute Gasteiger partial charge is 0.353 e. The Bertz CT molecular complexity index is 1240. The van der Waals surface area contributed by atoms with Crippen LogP contribution >= 0.6 is 0 Å². The average Bonchev–Trinajstić information content (AvgIpc) is 3.77. The smallest absolute Gasteiger partial charge is 0.276 e. The summed E-state index contributed by atoms with van der Waals surface area (Å²) in [4.78, 5) is 39.4. The molecule has 202 valence electrons. The molecule has 0 bridgehead atoms. The number of aromatic nitrogens is 2. The van der Waals surface area contributed by atoms with Gasteiger partial charge in [-0.2, -0.15) is 0 Å². The highest BCUT2D eigenvalue weighted by atomic mass is 16.6. The lowest BCUT2D eigenvalue weighted by Gasteiger charge is -2.27. The van der Waals surface area contributed by atoms with E-state index in [4.69, 9.17) is 4.63 Å². The summed E-state index contributed by atoms with van der Waals surface area (Å²) in [5.74, 6) is 1.36. The minimum absolute atomic E-state index is 0.0414. The normalized spacial score (nSPS) is 25.4. The Morgan fingerprint density at radius 2 is 1.76 bits per heavy atom. The third-order valence-electron chi connectivity index (χ3n) is 9.14. The molecule has 9 nitrogen and oxygen atoms in total. The first-order valence-electron chi connectivity index (χ1n) is 14.1. The lowest BCUT2D eigenvalue weighted by molar-refractivity contribution is -0.124. The van der Waals surface area contributed by atoms with E-state index >= 15 is 0 Å². The third-order valence-corrected chi connectivity index (χ3v) is 9.14. The molecular formula is C29H37N5O4. The monoisotopic (exact) mass is 519 g/mol. The molecule has 3 N–H and O–H groups in total. The third kappa shape index (κ3) is 4.95. The highest BCUT2D eigenvalue weighted by Crippen LogP contribution is 2.51. The van der Waals surface area contributed by atoms with Crippen LogP contribution in [0.5, 0.6) is 0 Å². The van der Waals surface area contributed by atoms with Crippen molar-refractivity contribution in [2.45, 2.75) is 77.8 Å². The Labute approximate surface area is 222 Å². The molecule has 4 atom stereocenters. The predicted molar refractivity (Wildman–Crippen MR) is 140 cm³/mol. The van der Waals surface area contributed by atoms with Crippen LogP contribution in [0.1, 0.15) is 73.3 Å². The van der Waals surface area contributed by atoms with Gasteiger partial charge in [0.1, 0.15) is 11.7 Å². The topological polar surface area (TPSA) is 126 Å². The van der Waals surface area contributed by atoms with Crippen LogP contribution in [0.3, 0.4) is 0 Å². The van der Waals surface area contributed by atoms with Crippen molar-refractivity contribution < 1.29 is 19.0 Å². The van der Waals surface area contributed by atoms with Crippen LogP contribution in [0.25, 0.3) is 0 Å². The molecule has 0 spiro atoms.